The van der Waals surface area contributed by atoms with Gasteiger partial charge in [-0.25, -0.2) is 4.79 Å². The number of carbonyl (C=O) groups excluding carboxylic acids is 2. The maximum absolute atomic E-state index is 12.9. The molecule has 2 fully saturated rings. The number of hydrogen-bond acceptors (Lipinski definition) is 4. The predicted octanol–water partition coefficient (Wildman–Crippen LogP) is 4.26. The fourth-order valence-electron chi connectivity index (χ4n) is 5.54. The number of benzene rings is 2. The molecule has 35 heavy (non-hydrogen) atoms. The smallest absolute Gasteiger partial charge is 0.407 e. The summed E-state index contributed by atoms with van der Waals surface area (Å²) in [5.41, 5.74) is 3.84. The van der Waals surface area contributed by atoms with Crippen LogP contribution in [0.5, 0.6) is 0 Å². The number of nitrogens with one attached hydrogen (secondary N) is 1. The third kappa shape index (κ3) is 4.77. The van der Waals surface area contributed by atoms with E-state index < -0.39 is 17.5 Å². The lowest BCUT2D eigenvalue weighted by molar-refractivity contribution is -0.147. The number of fused-ring (bicyclic) bond motifs is 3. The molecule has 2 aromatic carbocycles. The molecule has 1 saturated carbocycles. The highest BCUT2D eigenvalue weighted by molar-refractivity contribution is 5.81. The van der Waals surface area contributed by atoms with Crippen LogP contribution in [0.15, 0.2) is 48.5 Å². The van der Waals surface area contributed by atoms with Crippen LogP contribution in [0.4, 0.5) is 4.79 Å². The molecular weight excluding hydrogens is 444 g/mol. The molecule has 184 valence electrons. The second kappa shape index (κ2) is 9.36. The average Bonchev–Trinajstić information content (AvgIpc) is 3.54. The summed E-state index contributed by atoms with van der Waals surface area (Å²) in [5.74, 6) is -0.418. The van der Waals surface area contributed by atoms with Crippen molar-refractivity contribution < 1.29 is 24.2 Å². The maximum atomic E-state index is 12.9. The molecule has 3 aliphatic rings. The molecular formula is C28H32N2O5. The Hall–Kier alpha value is -3.35. The van der Waals surface area contributed by atoms with Crippen molar-refractivity contribution in [3.63, 3.8) is 0 Å². The molecule has 2 atom stereocenters. The largest absolute Gasteiger partial charge is 0.481 e. The zero-order valence-corrected chi connectivity index (χ0v) is 20.0. The number of aliphatic carboxylic acids is 1. The lowest BCUT2D eigenvalue weighted by Crippen LogP contribution is -2.38. The van der Waals surface area contributed by atoms with E-state index in [0.29, 0.717) is 31.8 Å². The van der Waals surface area contributed by atoms with Crippen LogP contribution in [0.2, 0.25) is 0 Å². The molecule has 5 rings (SSSR count). The van der Waals surface area contributed by atoms with Gasteiger partial charge in [0, 0.05) is 32.0 Å². The zero-order valence-electron chi connectivity index (χ0n) is 20.0. The second-order valence-corrected chi connectivity index (χ2v) is 10.4. The molecule has 2 unspecified atom stereocenters. The monoisotopic (exact) mass is 476 g/mol. The summed E-state index contributed by atoms with van der Waals surface area (Å²) in [7, 11) is 0. The molecule has 1 heterocycles. The van der Waals surface area contributed by atoms with Crippen molar-refractivity contribution in [1.82, 2.24) is 10.2 Å². The number of likely N-dealkylation sites (tertiary alicyclic amines) is 1. The SMILES string of the molecule is CC1(C(=O)O)CCN(C(=O)CC(CNC(=O)OCC2c3ccccc3-c3ccccc32)C2CC2)C1. The standard InChI is InChI=1S/C28H32N2O5/c1-28(26(32)33)12-13-30(17-28)25(31)14-19(18-10-11-18)15-29-27(34)35-16-24-22-8-4-2-6-20(22)21-7-3-5-9-23(21)24/h2-9,18-19,24H,10-17H2,1H3,(H,29,34)(H,32,33). The van der Waals surface area contributed by atoms with E-state index >= 15 is 0 Å². The minimum Gasteiger partial charge on any atom is -0.481 e. The fourth-order valence-corrected chi connectivity index (χ4v) is 5.54. The number of carbonyl (C=O) groups is 3. The zero-order chi connectivity index (χ0) is 24.6. The first kappa shape index (κ1) is 23.4. The van der Waals surface area contributed by atoms with Crippen LogP contribution in [0.1, 0.15) is 49.7 Å². The van der Waals surface area contributed by atoms with Crippen LogP contribution in [-0.2, 0) is 14.3 Å². The summed E-state index contributed by atoms with van der Waals surface area (Å²) >= 11 is 0. The molecule has 0 aromatic heterocycles. The van der Waals surface area contributed by atoms with Gasteiger partial charge in [-0.1, -0.05) is 48.5 Å². The van der Waals surface area contributed by atoms with E-state index in [4.69, 9.17) is 4.74 Å². The van der Waals surface area contributed by atoms with Gasteiger partial charge < -0.3 is 20.1 Å². The number of carboxylic acid groups (broad SMARTS) is 1. The first-order valence-electron chi connectivity index (χ1n) is 12.5. The number of alkyl carbamates (subject to hydrolysis) is 1. The van der Waals surface area contributed by atoms with Gasteiger partial charge in [-0.15, -0.1) is 0 Å². The van der Waals surface area contributed by atoms with Gasteiger partial charge >= 0.3 is 12.1 Å². The molecule has 0 radical (unpaired) electrons. The van der Waals surface area contributed by atoms with Crippen molar-refractivity contribution in [2.75, 3.05) is 26.2 Å². The van der Waals surface area contributed by atoms with E-state index in [1.807, 2.05) is 24.3 Å². The van der Waals surface area contributed by atoms with Gasteiger partial charge in [0.1, 0.15) is 6.61 Å². The highest BCUT2D eigenvalue weighted by Gasteiger charge is 2.43. The Labute approximate surface area is 205 Å². The van der Waals surface area contributed by atoms with Crippen molar-refractivity contribution in [3.05, 3.63) is 59.7 Å². The number of carboxylic acids is 1. The summed E-state index contributed by atoms with van der Waals surface area (Å²) in [6.45, 7) is 3.06. The molecule has 7 heteroatoms. The van der Waals surface area contributed by atoms with Crippen LogP contribution in [0.25, 0.3) is 11.1 Å². The highest BCUT2D eigenvalue weighted by Crippen LogP contribution is 2.44. The van der Waals surface area contributed by atoms with Gasteiger partial charge in [-0.3, -0.25) is 9.59 Å². The third-order valence-corrected chi connectivity index (χ3v) is 7.92. The summed E-state index contributed by atoms with van der Waals surface area (Å²) < 4.78 is 5.64. The van der Waals surface area contributed by atoms with Crippen LogP contribution >= 0.6 is 0 Å². The molecule has 0 bridgehead atoms. The minimum atomic E-state index is -0.871. The Morgan fingerprint density at radius 3 is 2.29 bits per heavy atom. The van der Waals surface area contributed by atoms with Crippen molar-refractivity contribution in [3.8, 4) is 11.1 Å². The number of rotatable bonds is 8. The lowest BCUT2D eigenvalue weighted by Gasteiger charge is -2.23. The molecule has 1 aliphatic heterocycles. The van der Waals surface area contributed by atoms with Crippen molar-refractivity contribution >= 4 is 18.0 Å². The Morgan fingerprint density at radius 1 is 1.09 bits per heavy atom. The van der Waals surface area contributed by atoms with Crippen molar-refractivity contribution in [1.29, 1.82) is 0 Å². The van der Waals surface area contributed by atoms with Crippen LogP contribution in [-0.4, -0.2) is 54.2 Å². The Morgan fingerprint density at radius 2 is 1.71 bits per heavy atom. The van der Waals surface area contributed by atoms with E-state index in [1.165, 1.54) is 22.3 Å². The first-order valence-corrected chi connectivity index (χ1v) is 12.5. The topological polar surface area (TPSA) is 95.9 Å². The molecule has 7 nitrogen and oxygen atoms in total. The van der Waals surface area contributed by atoms with E-state index in [-0.39, 0.29) is 30.9 Å². The highest BCUT2D eigenvalue weighted by atomic mass is 16.5. The first-order chi connectivity index (χ1) is 16.9. The summed E-state index contributed by atoms with van der Waals surface area (Å²) in [4.78, 5) is 38.6. The Kier molecular flexibility index (Phi) is 6.26. The van der Waals surface area contributed by atoms with Crippen LogP contribution < -0.4 is 5.32 Å². The summed E-state index contributed by atoms with van der Waals surface area (Å²) in [6.07, 6.45) is 2.43. The summed E-state index contributed by atoms with van der Waals surface area (Å²) in [6, 6.07) is 16.4. The van der Waals surface area contributed by atoms with Gasteiger partial charge in [-0.2, -0.15) is 0 Å². The molecule has 2 aromatic rings. The second-order valence-electron chi connectivity index (χ2n) is 10.4. The molecule has 2 amide bonds. The Balaban J connectivity index is 1.14. The number of hydrogen-bond donors (Lipinski definition) is 2. The van der Waals surface area contributed by atoms with Gasteiger partial charge in [0.25, 0.3) is 0 Å². The van der Waals surface area contributed by atoms with Crippen molar-refractivity contribution in [2.45, 2.75) is 38.5 Å². The van der Waals surface area contributed by atoms with Gasteiger partial charge in [0.05, 0.1) is 5.41 Å². The normalized spacial score (nSPS) is 21.8. The number of nitrogens with zero attached hydrogens (tertiary/aromatic N) is 1. The van der Waals surface area contributed by atoms with E-state index in [0.717, 1.165) is 12.8 Å². The van der Waals surface area contributed by atoms with E-state index in [1.54, 1.807) is 11.8 Å². The van der Waals surface area contributed by atoms with Crippen LogP contribution in [0.3, 0.4) is 0 Å². The fraction of sp³-hybridized carbons (Fsp3) is 0.464. The number of ether oxygens (including phenoxy) is 1. The van der Waals surface area contributed by atoms with Gasteiger partial charge in [0.15, 0.2) is 0 Å². The van der Waals surface area contributed by atoms with E-state index in [2.05, 4.69) is 29.6 Å². The van der Waals surface area contributed by atoms with Crippen LogP contribution in [0, 0.1) is 17.3 Å². The Bertz CT molecular complexity index is 1100. The lowest BCUT2D eigenvalue weighted by atomic mass is 9.90. The molecule has 2 aliphatic carbocycles. The van der Waals surface area contributed by atoms with Gasteiger partial charge in [-0.05, 0) is 60.3 Å². The number of amides is 2. The minimum absolute atomic E-state index is 0.00710. The van der Waals surface area contributed by atoms with Crippen molar-refractivity contribution in [2.24, 2.45) is 17.3 Å². The predicted molar refractivity (Wildman–Crippen MR) is 131 cm³/mol. The molecule has 1 saturated heterocycles. The quantitative estimate of drug-likeness (QED) is 0.593. The third-order valence-electron chi connectivity index (χ3n) is 7.92. The maximum Gasteiger partial charge on any atom is 0.407 e. The summed E-state index contributed by atoms with van der Waals surface area (Å²) in [5, 5.41) is 12.3. The van der Waals surface area contributed by atoms with E-state index in [9.17, 15) is 19.5 Å². The average molecular weight is 477 g/mol. The van der Waals surface area contributed by atoms with Gasteiger partial charge in [0.2, 0.25) is 5.91 Å². The molecule has 2 N–H and O–H groups in total. The molecule has 0 spiro atoms.